The number of methoxy groups -OCH3 is 1. The van der Waals surface area contributed by atoms with Crippen LogP contribution in [0.2, 0.25) is 0 Å². The van der Waals surface area contributed by atoms with Crippen LogP contribution >= 0.6 is 0 Å². The lowest BCUT2D eigenvalue weighted by molar-refractivity contribution is -0.384. The van der Waals surface area contributed by atoms with Crippen molar-refractivity contribution in [2.75, 3.05) is 7.11 Å². The maximum atomic E-state index is 12.1. The molecule has 0 fully saturated rings. The van der Waals surface area contributed by atoms with Gasteiger partial charge in [-0.1, -0.05) is 18.2 Å². The maximum Gasteiger partial charge on any atom is 0.331 e. The molecule has 1 atom stereocenters. The lowest BCUT2D eigenvalue weighted by Crippen LogP contribution is -2.06. The van der Waals surface area contributed by atoms with Crippen molar-refractivity contribution in [3.63, 3.8) is 0 Å². The Bertz CT molecular complexity index is 1040. The first-order valence-corrected chi connectivity index (χ1v) is 8.58. The van der Waals surface area contributed by atoms with Gasteiger partial charge in [-0.05, 0) is 31.2 Å². The minimum Gasteiger partial charge on any atom is -0.496 e. The number of aromatic nitrogens is 2. The Morgan fingerprint density at radius 1 is 1.17 bits per heavy atom. The van der Waals surface area contributed by atoms with Gasteiger partial charge in [0.05, 0.1) is 12.0 Å². The third-order valence-corrected chi connectivity index (χ3v) is 3.94. The molecule has 0 saturated heterocycles. The van der Waals surface area contributed by atoms with E-state index >= 15 is 0 Å². The van der Waals surface area contributed by atoms with Crippen LogP contribution in [0, 0.1) is 10.1 Å². The summed E-state index contributed by atoms with van der Waals surface area (Å²) in [6, 6.07) is 12.9. The van der Waals surface area contributed by atoms with E-state index in [0.717, 1.165) is 5.56 Å². The van der Waals surface area contributed by atoms with Crippen molar-refractivity contribution in [1.29, 1.82) is 0 Å². The highest BCUT2D eigenvalue weighted by atomic mass is 16.6. The summed E-state index contributed by atoms with van der Waals surface area (Å²) < 4.78 is 16.0. The number of esters is 1. The van der Waals surface area contributed by atoms with Crippen molar-refractivity contribution < 1.29 is 23.6 Å². The average molecular weight is 395 g/mol. The molecule has 3 aromatic rings. The van der Waals surface area contributed by atoms with E-state index in [0.29, 0.717) is 11.3 Å². The predicted octanol–water partition coefficient (Wildman–Crippen LogP) is 3.97. The predicted molar refractivity (Wildman–Crippen MR) is 103 cm³/mol. The summed E-state index contributed by atoms with van der Waals surface area (Å²) >= 11 is 0. The van der Waals surface area contributed by atoms with Gasteiger partial charge in [-0.3, -0.25) is 10.1 Å². The first-order chi connectivity index (χ1) is 14.0. The molecule has 1 heterocycles. The van der Waals surface area contributed by atoms with Gasteiger partial charge >= 0.3 is 5.97 Å². The van der Waals surface area contributed by atoms with Crippen molar-refractivity contribution in [2.24, 2.45) is 0 Å². The van der Waals surface area contributed by atoms with Gasteiger partial charge in [0.2, 0.25) is 5.89 Å². The average Bonchev–Trinajstić information content (AvgIpc) is 3.23. The van der Waals surface area contributed by atoms with Crippen molar-refractivity contribution in [3.05, 3.63) is 76.2 Å². The summed E-state index contributed by atoms with van der Waals surface area (Å²) in [6.45, 7) is 1.60. The number of rotatable bonds is 7. The van der Waals surface area contributed by atoms with Gasteiger partial charge in [-0.25, -0.2) is 4.79 Å². The second kappa shape index (κ2) is 8.79. The van der Waals surface area contributed by atoms with Crippen molar-refractivity contribution in [3.8, 4) is 17.2 Å². The topological polar surface area (TPSA) is 118 Å². The van der Waals surface area contributed by atoms with E-state index in [-0.39, 0.29) is 17.5 Å². The molecule has 0 radical (unpaired) electrons. The Morgan fingerprint density at radius 2 is 1.90 bits per heavy atom. The molecule has 29 heavy (non-hydrogen) atoms. The number of ether oxygens (including phenoxy) is 2. The molecule has 0 aliphatic carbocycles. The summed E-state index contributed by atoms with van der Waals surface area (Å²) in [4.78, 5) is 22.3. The van der Waals surface area contributed by atoms with Crippen LogP contribution in [0.4, 0.5) is 5.69 Å². The van der Waals surface area contributed by atoms with Crippen molar-refractivity contribution >= 4 is 17.7 Å². The number of nitro benzene ring substituents is 1. The summed E-state index contributed by atoms with van der Waals surface area (Å²) in [5.74, 6) is 0.326. The van der Waals surface area contributed by atoms with Crippen molar-refractivity contribution in [2.45, 2.75) is 13.0 Å². The Kier molecular flexibility index (Phi) is 5.98. The van der Waals surface area contributed by atoms with Crippen LogP contribution in [-0.4, -0.2) is 28.2 Å². The minimum absolute atomic E-state index is 0.0439. The molecular formula is C20H17N3O6. The SMILES string of the molecule is COc1ccccc1/C=C/C(=O)O[C@H](C)c1nnc(-c2ccc([N+](=O)[O-])cc2)o1. The van der Waals surface area contributed by atoms with Gasteiger partial charge in [-0.2, -0.15) is 0 Å². The second-order valence-electron chi connectivity index (χ2n) is 5.90. The van der Waals surface area contributed by atoms with Gasteiger partial charge < -0.3 is 13.9 Å². The number of carbonyl (C=O) groups is 1. The van der Waals surface area contributed by atoms with Crippen LogP contribution in [0.3, 0.4) is 0 Å². The fourth-order valence-electron chi connectivity index (χ4n) is 2.47. The van der Waals surface area contributed by atoms with Crippen LogP contribution in [0.25, 0.3) is 17.5 Å². The number of para-hydroxylation sites is 1. The highest BCUT2D eigenvalue weighted by Crippen LogP contribution is 2.24. The molecule has 9 heteroatoms. The molecule has 0 spiro atoms. The first kappa shape index (κ1) is 19.7. The number of non-ortho nitro benzene ring substituents is 1. The van der Waals surface area contributed by atoms with Crippen molar-refractivity contribution in [1.82, 2.24) is 10.2 Å². The maximum absolute atomic E-state index is 12.1. The molecule has 9 nitrogen and oxygen atoms in total. The Labute approximate surface area is 165 Å². The Hall–Kier alpha value is -4.01. The summed E-state index contributed by atoms with van der Waals surface area (Å²) in [7, 11) is 1.55. The normalized spacial score (nSPS) is 11.9. The largest absolute Gasteiger partial charge is 0.496 e. The molecule has 0 amide bonds. The van der Waals surface area contributed by atoms with Gasteiger partial charge in [0.1, 0.15) is 5.75 Å². The third-order valence-electron chi connectivity index (χ3n) is 3.94. The Morgan fingerprint density at radius 3 is 2.59 bits per heavy atom. The molecule has 0 aliphatic rings. The van der Waals surface area contributed by atoms with Crippen LogP contribution < -0.4 is 4.74 Å². The van der Waals surface area contributed by atoms with Crippen LogP contribution in [-0.2, 0) is 9.53 Å². The lowest BCUT2D eigenvalue weighted by Gasteiger charge is -2.07. The van der Waals surface area contributed by atoms with E-state index in [9.17, 15) is 14.9 Å². The highest BCUT2D eigenvalue weighted by molar-refractivity contribution is 5.87. The lowest BCUT2D eigenvalue weighted by atomic mass is 10.2. The number of nitro groups is 1. The van der Waals surface area contributed by atoms with Gasteiger partial charge in [-0.15, -0.1) is 10.2 Å². The van der Waals surface area contributed by atoms with Crippen LogP contribution in [0.5, 0.6) is 5.75 Å². The number of hydrogen-bond acceptors (Lipinski definition) is 8. The van der Waals surface area contributed by atoms with Crippen LogP contribution in [0.1, 0.15) is 24.5 Å². The first-order valence-electron chi connectivity index (χ1n) is 8.58. The van der Waals surface area contributed by atoms with E-state index in [2.05, 4.69) is 10.2 Å². The zero-order valence-corrected chi connectivity index (χ0v) is 15.6. The van der Waals surface area contributed by atoms with Gasteiger partial charge in [0.15, 0.2) is 6.10 Å². The molecule has 0 aliphatic heterocycles. The number of hydrogen-bond donors (Lipinski definition) is 0. The quantitative estimate of drug-likeness (QED) is 0.255. The molecule has 148 valence electrons. The zero-order chi connectivity index (χ0) is 20.8. The fourth-order valence-corrected chi connectivity index (χ4v) is 2.47. The Balaban J connectivity index is 1.65. The van der Waals surface area contributed by atoms with E-state index in [4.69, 9.17) is 13.9 Å². The van der Waals surface area contributed by atoms with Gasteiger partial charge in [0.25, 0.3) is 11.6 Å². The molecule has 2 aromatic carbocycles. The molecule has 0 unspecified atom stereocenters. The van der Waals surface area contributed by atoms with E-state index < -0.39 is 17.0 Å². The third kappa shape index (κ3) is 4.83. The zero-order valence-electron chi connectivity index (χ0n) is 15.6. The summed E-state index contributed by atoms with van der Waals surface area (Å²) in [5, 5.41) is 18.5. The standard InChI is InChI=1S/C20H17N3O6/c1-13(28-18(24)12-9-14-5-3-4-6-17(14)27-2)19-21-22-20(29-19)15-7-10-16(11-8-15)23(25)26/h3-13H,1-2H3/b12-9+/t13-/m1/s1. The van der Waals surface area contributed by atoms with Crippen LogP contribution in [0.15, 0.2) is 59.0 Å². The molecule has 0 N–H and O–H groups in total. The number of benzene rings is 2. The summed E-state index contributed by atoms with van der Waals surface area (Å²) in [6.07, 6.45) is 2.09. The van der Waals surface area contributed by atoms with E-state index in [1.807, 2.05) is 12.1 Å². The highest BCUT2D eigenvalue weighted by Gasteiger charge is 2.18. The van der Waals surface area contributed by atoms with Gasteiger partial charge in [0, 0.05) is 29.3 Å². The molecular weight excluding hydrogens is 378 g/mol. The molecule has 0 saturated carbocycles. The monoisotopic (exact) mass is 395 g/mol. The molecule has 1 aromatic heterocycles. The second-order valence-corrected chi connectivity index (χ2v) is 5.90. The van der Waals surface area contributed by atoms with E-state index in [1.165, 1.54) is 30.3 Å². The number of carbonyl (C=O) groups excluding carboxylic acids is 1. The molecule has 3 rings (SSSR count). The summed E-state index contributed by atoms with van der Waals surface area (Å²) in [5.41, 5.74) is 1.21. The molecule has 0 bridgehead atoms. The fraction of sp³-hybridized carbons (Fsp3) is 0.150. The number of nitrogens with zero attached hydrogens (tertiary/aromatic N) is 3. The smallest absolute Gasteiger partial charge is 0.331 e. The van der Waals surface area contributed by atoms with E-state index in [1.54, 1.807) is 32.2 Å². The minimum atomic E-state index is -0.774.